The third-order valence-corrected chi connectivity index (χ3v) is 3.98. The molecular formula is C16H22N4O2. The maximum atomic E-state index is 11.4. The molecule has 0 aliphatic rings. The van der Waals surface area contributed by atoms with Gasteiger partial charge < -0.3 is 4.90 Å². The third kappa shape index (κ3) is 3.27. The van der Waals surface area contributed by atoms with E-state index in [1.165, 1.54) is 5.56 Å². The summed E-state index contributed by atoms with van der Waals surface area (Å²) in [6.45, 7) is 4.87. The molecule has 1 unspecified atom stereocenters. The SMILES string of the molecule is CCC(C)c1cccn2c(N(C)CCC(=O)NC=O)cnc12. The van der Waals surface area contributed by atoms with E-state index in [0.29, 0.717) is 18.9 Å². The molecule has 2 amide bonds. The summed E-state index contributed by atoms with van der Waals surface area (Å²) in [6, 6.07) is 4.13. The van der Waals surface area contributed by atoms with Gasteiger partial charge >= 0.3 is 0 Å². The normalized spacial score (nSPS) is 12.1. The van der Waals surface area contributed by atoms with Gasteiger partial charge in [0.1, 0.15) is 11.5 Å². The van der Waals surface area contributed by atoms with Gasteiger partial charge in [0, 0.05) is 26.2 Å². The molecule has 0 aromatic carbocycles. The first-order chi connectivity index (χ1) is 10.6. The van der Waals surface area contributed by atoms with Crippen molar-refractivity contribution >= 4 is 23.8 Å². The van der Waals surface area contributed by atoms with Gasteiger partial charge in [0.2, 0.25) is 12.3 Å². The summed E-state index contributed by atoms with van der Waals surface area (Å²) >= 11 is 0. The van der Waals surface area contributed by atoms with E-state index in [-0.39, 0.29) is 12.3 Å². The van der Waals surface area contributed by atoms with E-state index in [1.54, 1.807) is 0 Å². The van der Waals surface area contributed by atoms with Crippen molar-refractivity contribution in [2.75, 3.05) is 18.5 Å². The van der Waals surface area contributed by atoms with Gasteiger partial charge in [-0.1, -0.05) is 19.9 Å². The molecule has 0 aliphatic heterocycles. The number of imide groups is 1. The van der Waals surface area contributed by atoms with Crippen molar-refractivity contribution in [3.63, 3.8) is 0 Å². The summed E-state index contributed by atoms with van der Waals surface area (Å²) in [4.78, 5) is 28.1. The van der Waals surface area contributed by atoms with Gasteiger partial charge in [-0.15, -0.1) is 0 Å². The van der Waals surface area contributed by atoms with E-state index < -0.39 is 0 Å². The average Bonchev–Trinajstić information content (AvgIpc) is 2.96. The average molecular weight is 302 g/mol. The van der Waals surface area contributed by atoms with E-state index >= 15 is 0 Å². The summed E-state index contributed by atoms with van der Waals surface area (Å²) in [5.41, 5.74) is 2.18. The monoisotopic (exact) mass is 302 g/mol. The standard InChI is InChI=1S/C16H22N4O2/c1-4-12(2)13-6-5-8-20-15(10-17-16(13)20)19(3)9-7-14(22)18-11-21/h5-6,8,10-12H,4,7,9H2,1-3H3,(H,18,21,22). The first-order valence-corrected chi connectivity index (χ1v) is 7.48. The number of hydrogen-bond acceptors (Lipinski definition) is 4. The number of hydrogen-bond donors (Lipinski definition) is 1. The summed E-state index contributed by atoms with van der Waals surface area (Å²) in [5.74, 6) is 1.10. The number of anilines is 1. The first-order valence-electron chi connectivity index (χ1n) is 7.48. The Labute approximate surface area is 130 Å². The fraction of sp³-hybridized carbons (Fsp3) is 0.438. The number of nitrogens with zero attached hydrogens (tertiary/aromatic N) is 3. The summed E-state index contributed by atoms with van der Waals surface area (Å²) in [7, 11) is 1.91. The maximum absolute atomic E-state index is 11.4. The predicted molar refractivity (Wildman–Crippen MR) is 86.0 cm³/mol. The van der Waals surface area contributed by atoms with E-state index in [0.717, 1.165) is 17.9 Å². The van der Waals surface area contributed by atoms with Crippen LogP contribution in [0.2, 0.25) is 0 Å². The lowest BCUT2D eigenvalue weighted by Crippen LogP contribution is -2.28. The van der Waals surface area contributed by atoms with Crippen LogP contribution in [0.4, 0.5) is 5.82 Å². The zero-order valence-corrected chi connectivity index (χ0v) is 13.2. The van der Waals surface area contributed by atoms with Crippen molar-refractivity contribution in [3.05, 3.63) is 30.1 Å². The molecule has 22 heavy (non-hydrogen) atoms. The Kier molecular flexibility index (Phi) is 5.14. The minimum atomic E-state index is -0.282. The Hall–Kier alpha value is -2.37. The molecule has 0 fully saturated rings. The molecule has 2 aromatic heterocycles. The highest BCUT2D eigenvalue weighted by molar-refractivity contribution is 5.86. The van der Waals surface area contributed by atoms with Crippen LogP contribution in [0.15, 0.2) is 24.5 Å². The fourth-order valence-corrected chi connectivity index (χ4v) is 2.43. The molecule has 0 bridgehead atoms. The molecule has 1 atom stereocenters. The minimum Gasteiger partial charge on any atom is -0.359 e. The molecule has 0 radical (unpaired) electrons. The first kappa shape index (κ1) is 16.0. The molecule has 2 aromatic rings. The molecule has 0 spiro atoms. The molecule has 2 heterocycles. The van der Waals surface area contributed by atoms with Gasteiger partial charge in [0.05, 0.1) is 6.20 Å². The van der Waals surface area contributed by atoms with Crippen molar-refractivity contribution in [3.8, 4) is 0 Å². The van der Waals surface area contributed by atoms with Crippen LogP contribution in [0.3, 0.4) is 0 Å². The number of rotatable bonds is 7. The van der Waals surface area contributed by atoms with Crippen molar-refractivity contribution in [1.29, 1.82) is 0 Å². The molecule has 2 rings (SSSR count). The van der Waals surface area contributed by atoms with Crippen molar-refractivity contribution in [2.24, 2.45) is 0 Å². The predicted octanol–water partition coefficient (Wildman–Crippen LogP) is 1.95. The Bertz CT molecular complexity index is 665. The summed E-state index contributed by atoms with van der Waals surface area (Å²) in [5, 5.41) is 2.15. The molecule has 0 saturated carbocycles. The minimum absolute atomic E-state index is 0.257. The number of fused-ring (bicyclic) bond motifs is 1. The Morgan fingerprint density at radius 1 is 1.55 bits per heavy atom. The fourth-order valence-electron chi connectivity index (χ4n) is 2.43. The highest BCUT2D eigenvalue weighted by Gasteiger charge is 2.14. The van der Waals surface area contributed by atoms with Crippen LogP contribution in [0.1, 0.15) is 38.2 Å². The number of amides is 2. The molecular weight excluding hydrogens is 280 g/mol. The van der Waals surface area contributed by atoms with Crippen LogP contribution < -0.4 is 10.2 Å². The highest BCUT2D eigenvalue weighted by atomic mass is 16.2. The lowest BCUT2D eigenvalue weighted by atomic mass is 10.00. The Morgan fingerprint density at radius 2 is 2.32 bits per heavy atom. The molecule has 0 aliphatic carbocycles. The van der Waals surface area contributed by atoms with Crippen LogP contribution in [0.5, 0.6) is 0 Å². The van der Waals surface area contributed by atoms with E-state index in [1.807, 2.05) is 34.8 Å². The van der Waals surface area contributed by atoms with Crippen molar-refractivity contribution in [2.45, 2.75) is 32.6 Å². The number of carbonyl (C=O) groups excluding carboxylic acids is 2. The van der Waals surface area contributed by atoms with Crippen LogP contribution in [-0.4, -0.2) is 35.3 Å². The Balaban J connectivity index is 2.21. The smallest absolute Gasteiger partial charge is 0.228 e. The summed E-state index contributed by atoms with van der Waals surface area (Å²) in [6.07, 6.45) is 5.52. The van der Waals surface area contributed by atoms with Crippen LogP contribution in [-0.2, 0) is 9.59 Å². The second kappa shape index (κ2) is 7.06. The number of nitrogens with one attached hydrogen (secondary N) is 1. The third-order valence-electron chi connectivity index (χ3n) is 3.98. The quantitative estimate of drug-likeness (QED) is 0.794. The lowest BCUT2D eigenvalue weighted by Gasteiger charge is -2.18. The topological polar surface area (TPSA) is 66.7 Å². The molecule has 118 valence electrons. The van der Waals surface area contributed by atoms with Crippen LogP contribution in [0.25, 0.3) is 5.65 Å². The molecule has 6 nitrogen and oxygen atoms in total. The van der Waals surface area contributed by atoms with Gasteiger partial charge in [-0.2, -0.15) is 0 Å². The number of pyridine rings is 1. The molecule has 1 N–H and O–H groups in total. The van der Waals surface area contributed by atoms with Crippen molar-refractivity contribution in [1.82, 2.24) is 14.7 Å². The Morgan fingerprint density at radius 3 is 3.00 bits per heavy atom. The van der Waals surface area contributed by atoms with Crippen LogP contribution in [0, 0.1) is 0 Å². The second-order valence-electron chi connectivity index (χ2n) is 5.44. The number of carbonyl (C=O) groups is 2. The maximum Gasteiger partial charge on any atom is 0.228 e. The largest absolute Gasteiger partial charge is 0.359 e. The van der Waals surface area contributed by atoms with Gasteiger partial charge in [-0.05, 0) is 24.0 Å². The number of imidazole rings is 1. The lowest BCUT2D eigenvalue weighted by molar-refractivity contribution is -0.125. The van der Waals surface area contributed by atoms with Gasteiger partial charge in [-0.25, -0.2) is 4.98 Å². The van der Waals surface area contributed by atoms with Crippen LogP contribution >= 0.6 is 0 Å². The zero-order valence-electron chi connectivity index (χ0n) is 13.2. The molecule has 0 saturated heterocycles. The van der Waals surface area contributed by atoms with E-state index in [4.69, 9.17) is 0 Å². The molecule has 6 heteroatoms. The van der Waals surface area contributed by atoms with Gasteiger partial charge in [-0.3, -0.25) is 19.3 Å². The zero-order chi connectivity index (χ0) is 16.1. The number of aromatic nitrogens is 2. The van der Waals surface area contributed by atoms with Gasteiger partial charge in [0.25, 0.3) is 0 Å². The van der Waals surface area contributed by atoms with Gasteiger partial charge in [0.15, 0.2) is 0 Å². The highest BCUT2D eigenvalue weighted by Crippen LogP contribution is 2.25. The summed E-state index contributed by atoms with van der Waals surface area (Å²) < 4.78 is 2.04. The van der Waals surface area contributed by atoms with E-state index in [2.05, 4.69) is 30.2 Å². The van der Waals surface area contributed by atoms with E-state index in [9.17, 15) is 9.59 Å². The second-order valence-corrected chi connectivity index (χ2v) is 5.44. The van der Waals surface area contributed by atoms with Crippen molar-refractivity contribution < 1.29 is 9.59 Å².